The molecular formula is C14H18N4O2S. The van der Waals surface area contributed by atoms with E-state index in [1.54, 1.807) is 0 Å². The lowest BCUT2D eigenvalue weighted by molar-refractivity contribution is 0.551. The van der Waals surface area contributed by atoms with E-state index in [0.29, 0.717) is 19.6 Å². The van der Waals surface area contributed by atoms with Crippen molar-refractivity contribution in [2.45, 2.75) is 23.8 Å². The molecule has 0 spiro atoms. The minimum atomic E-state index is -3.51. The van der Waals surface area contributed by atoms with Gasteiger partial charge in [-0.05, 0) is 17.5 Å². The third-order valence-electron chi connectivity index (χ3n) is 3.76. The second-order valence-electron chi connectivity index (χ2n) is 5.18. The number of hydrogen-bond donors (Lipinski definition) is 2. The molecule has 1 aliphatic rings. The van der Waals surface area contributed by atoms with Crippen LogP contribution in [0.5, 0.6) is 0 Å². The Morgan fingerprint density at radius 3 is 2.95 bits per heavy atom. The summed E-state index contributed by atoms with van der Waals surface area (Å²) < 4.78 is 28.6. The minimum absolute atomic E-state index is 0.184. The van der Waals surface area contributed by atoms with Gasteiger partial charge >= 0.3 is 0 Å². The Labute approximate surface area is 124 Å². The second-order valence-corrected chi connectivity index (χ2v) is 6.95. The van der Waals surface area contributed by atoms with Gasteiger partial charge in [-0.15, -0.1) is 0 Å². The summed E-state index contributed by atoms with van der Waals surface area (Å²) in [6.45, 7) is 1.35. The Hall–Kier alpha value is -1.70. The van der Waals surface area contributed by atoms with Crippen molar-refractivity contribution >= 4 is 10.0 Å². The van der Waals surface area contributed by atoms with E-state index in [0.717, 1.165) is 6.42 Å². The van der Waals surface area contributed by atoms with Gasteiger partial charge in [0.15, 0.2) is 0 Å². The summed E-state index contributed by atoms with van der Waals surface area (Å²) in [7, 11) is -3.51. The first kappa shape index (κ1) is 14.2. The van der Waals surface area contributed by atoms with Crippen LogP contribution in [0.15, 0.2) is 41.6 Å². The van der Waals surface area contributed by atoms with Crippen molar-refractivity contribution in [3.05, 3.63) is 47.8 Å². The fourth-order valence-corrected chi connectivity index (χ4v) is 3.61. The number of benzene rings is 1. The quantitative estimate of drug-likeness (QED) is 0.811. The molecule has 0 bridgehead atoms. The second kappa shape index (κ2) is 5.59. The largest absolute Gasteiger partial charge is 0.329 e. The van der Waals surface area contributed by atoms with E-state index in [1.165, 1.54) is 28.2 Å². The summed E-state index contributed by atoms with van der Waals surface area (Å²) in [6.07, 6.45) is 3.78. The molecule has 0 fully saturated rings. The molecule has 6 nitrogen and oxygen atoms in total. The predicted molar refractivity (Wildman–Crippen MR) is 79.4 cm³/mol. The van der Waals surface area contributed by atoms with Gasteiger partial charge in [0, 0.05) is 25.2 Å². The van der Waals surface area contributed by atoms with Crippen LogP contribution in [-0.4, -0.2) is 31.3 Å². The highest BCUT2D eigenvalue weighted by atomic mass is 32.2. The Morgan fingerprint density at radius 2 is 2.19 bits per heavy atom. The third kappa shape index (κ3) is 2.85. The lowest BCUT2D eigenvalue weighted by atomic mass is 9.78. The maximum Gasteiger partial charge on any atom is 0.243 e. The van der Waals surface area contributed by atoms with E-state index in [1.807, 2.05) is 12.1 Å². The van der Waals surface area contributed by atoms with Crippen molar-refractivity contribution < 1.29 is 8.42 Å². The van der Waals surface area contributed by atoms with Crippen LogP contribution in [0.25, 0.3) is 0 Å². The maximum absolute atomic E-state index is 12.2. The van der Waals surface area contributed by atoms with Gasteiger partial charge < -0.3 is 5.73 Å². The highest BCUT2D eigenvalue weighted by Gasteiger charge is 2.27. The third-order valence-corrected chi connectivity index (χ3v) is 5.14. The summed E-state index contributed by atoms with van der Waals surface area (Å²) >= 11 is 0. The number of nitrogens with two attached hydrogens (primary N) is 1. The van der Waals surface area contributed by atoms with Crippen LogP contribution in [0, 0.1) is 0 Å². The fourth-order valence-electron chi connectivity index (χ4n) is 2.58. The number of nitrogens with one attached hydrogen (secondary N) is 1. The molecule has 7 heteroatoms. The highest BCUT2D eigenvalue weighted by molar-refractivity contribution is 7.89. The van der Waals surface area contributed by atoms with Gasteiger partial charge in [0.1, 0.15) is 4.90 Å². The van der Waals surface area contributed by atoms with E-state index in [-0.39, 0.29) is 10.8 Å². The number of rotatable bonds is 6. The lowest BCUT2D eigenvalue weighted by Gasteiger charge is -2.30. The molecule has 0 radical (unpaired) electrons. The van der Waals surface area contributed by atoms with E-state index in [9.17, 15) is 8.42 Å². The lowest BCUT2D eigenvalue weighted by Crippen LogP contribution is -2.33. The number of aromatic nitrogens is 2. The van der Waals surface area contributed by atoms with Gasteiger partial charge in [-0.2, -0.15) is 5.10 Å². The number of sulfonamides is 1. The van der Waals surface area contributed by atoms with Crippen LogP contribution in [-0.2, 0) is 23.0 Å². The molecule has 3 rings (SSSR count). The molecule has 1 aromatic carbocycles. The molecule has 1 atom stereocenters. The highest BCUT2D eigenvalue weighted by Crippen LogP contribution is 2.34. The zero-order valence-electron chi connectivity index (χ0n) is 11.6. The number of fused-ring (bicyclic) bond motifs is 1. The molecule has 1 aromatic heterocycles. The van der Waals surface area contributed by atoms with Gasteiger partial charge in [0.05, 0.1) is 12.7 Å². The summed E-state index contributed by atoms with van der Waals surface area (Å²) in [4.78, 5) is 0.184. The first-order chi connectivity index (χ1) is 10.1. The van der Waals surface area contributed by atoms with Gasteiger partial charge in [-0.3, -0.25) is 4.68 Å². The van der Waals surface area contributed by atoms with E-state index >= 15 is 0 Å². The molecule has 0 saturated heterocycles. The molecule has 0 aliphatic heterocycles. The predicted octanol–water partition coefficient (Wildman–Crippen LogP) is 0.460. The Balaban J connectivity index is 1.64. The summed E-state index contributed by atoms with van der Waals surface area (Å²) in [5.41, 5.74) is 7.96. The first-order valence-corrected chi connectivity index (χ1v) is 8.38. The monoisotopic (exact) mass is 306 g/mol. The number of nitrogens with zero attached hydrogens (tertiary/aromatic N) is 2. The van der Waals surface area contributed by atoms with E-state index < -0.39 is 10.0 Å². The standard InChI is InChI=1S/C14H18N4O2S/c15-5-6-18-10-13(9-16-18)21(19,20)17-8-12-7-11-3-1-2-4-14(11)12/h1-4,9-10,12,17H,5-8,15H2. The van der Waals surface area contributed by atoms with Crippen LogP contribution >= 0.6 is 0 Å². The number of hydrogen-bond acceptors (Lipinski definition) is 4. The van der Waals surface area contributed by atoms with E-state index in [2.05, 4.69) is 22.0 Å². The van der Waals surface area contributed by atoms with Crippen molar-refractivity contribution in [2.24, 2.45) is 5.73 Å². The average molecular weight is 306 g/mol. The molecule has 2 aromatic rings. The Morgan fingerprint density at radius 1 is 1.38 bits per heavy atom. The van der Waals surface area contributed by atoms with Crippen molar-refractivity contribution in [3.8, 4) is 0 Å². The van der Waals surface area contributed by atoms with Crippen LogP contribution < -0.4 is 10.5 Å². The fraction of sp³-hybridized carbons (Fsp3) is 0.357. The SMILES string of the molecule is NCCn1cc(S(=O)(=O)NCC2Cc3ccccc32)cn1. The molecule has 21 heavy (non-hydrogen) atoms. The summed E-state index contributed by atoms with van der Waals surface area (Å²) in [6, 6.07) is 8.12. The summed E-state index contributed by atoms with van der Waals surface area (Å²) in [5.74, 6) is 0.259. The van der Waals surface area contributed by atoms with Crippen molar-refractivity contribution in [3.63, 3.8) is 0 Å². The van der Waals surface area contributed by atoms with Crippen molar-refractivity contribution in [2.75, 3.05) is 13.1 Å². The average Bonchev–Trinajstić information content (AvgIpc) is 2.90. The van der Waals surface area contributed by atoms with Gasteiger partial charge in [0.25, 0.3) is 0 Å². The van der Waals surface area contributed by atoms with Gasteiger partial charge in [0.2, 0.25) is 10.0 Å². The Kier molecular flexibility index (Phi) is 3.79. The first-order valence-electron chi connectivity index (χ1n) is 6.90. The molecule has 1 heterocycles. The molecule has 1 aliphatic carbocycles. The topological polar surface area (TPSA) is 90.0 Å². The van der Waals surface area contributed by atoms with Crippen LogP contribution in [0.1, 0.15) is 17.0 Å². The zero-order valence-corrected chi connectivity index (χ0v) is 12.4. The van der Waals surface area contributed by atoms with Gasteiger partial charge in [-0.1, -0.05) is 24.3 Å². The molecule has 0 saturated carbocycles. The van der Waals surface area contributed by atoms with Crippen molar-refractivity contribution in [1.29, 1.82) is 0 Å². The smallest absolute Gasteiger partial charge is 0.243 e. The van der Waals surface area contributed by atoms with Crippen molar-refractivity contribution in [1.82, 2.24) is 14.5 Å². The van der Waals surface area contributed by atoms with Gasteiger partial charge in [-0.25, -0.2) is 13.1 Å². The molecular weight excluding hydrogens is 288 g/mol. The molecule has 3 N–H and O–H groups in total. The van der Waals surface area contributed by atoms with Crippen LogP contribution in [0.4, 0.5) is 0 Å². The minimum Gasteiger partial charge on any atom is -0.329 e. The van der Waals surface area contributed by atoms with Crippen LogP contribution in [0.3, 0.4) is 0 Å². The van der Waals surface area contributed by atoms with E-state index in [4.69, 9.17) is 5.73 Å². The molecule has 0 amide bonds. The maximum atomic E-state index is 12.2. The van der Waals surface area contributed by atoms with Crippen LogP contribution in [0.2, 0.25) is 0 Å². The zero-order chi connectivity index (χ0) is 14.9. The normalized spacial score (nSPS) is 17.3. The molecule has 1 unspecified atom stereocenters. The molecule has 112 valence electrons. The Bertz CT molecular complexity index is 739. The summed E-state index contributed by atoms with van der Waals surface area (Å²) in [5, 5.41) is 3.99.